The van der Waals surface area contributed by atoms with Crippen molar-refractivity contribution in [3.8, 4) is 11.3 Å². The first kappa shape index (κ1) is 14.8. The average molecular weight is 287 g/mol. The number of amides is 1. The van der Waals surface area contributed by atoms with E-state index in [4.69, 9.17) is 5.11 Å². The van der Waals surface area contributed by atoms with Crippen LogP contribution in [0.25, 0.3) is 11.3 Å². The molecular weight excluding hydrogens is 270 g/mol. The minimum absolute atomic E-state index is 0.233. The van der Waals surface area contributed by atoms with E-state index in [0.29, 0.717) is 5.69 Å². The van der Waals surface area contributed by atoms with E-state index in [1.165, 1.54) is 12.5 Å². The molecule has 0 aliphatic rings. The molecule has 0 aliphatic heterocycles. The summed E-state index contributed by atoms with van der Waals surface area (Å²) >= 11 is 0. The molecule has 3 N–H and O–H groups in total. The molecule has 0 bridgehead atoms. The fourth-order valence-electron chi connectivity index (χ4n) is 1.82. The molecule has 1 amide bonds. The van der Waals surface area contributed by atoms with Crippen LogP contribution in [0.1, 0.15) is 28.5 Å². The van der Waals surface area contributed by atoms with Gasteiger partial charge in [0, 0.05) is 5.56 Å². The van der Waals surface area contributed by atoms with Crippen molar-refractivity contribution in [3.05, 3.63) is 41.1 Å². The summed E-state index contributed by atoms with van der Waals surface area (Å²) in [5, 5.41) is 17.9. The summed E-state index contributed by atoms with van der Waals surface area (Å²) in [4.78, 5) is 22.6. The van der Waals surface area contributed by atoms with Crippen molar-refractivity contribution < 1.29 is 14.7 Å². The molecule has 0 radical (unpaired) electrons. The predicted octanol–water partition coefficient (Wildman–Crippen LogP) is 1.90. The lowest BCUT2D eigenvalue weighted by atomic mass is 10.0. The Morgan fingerprint density at radius 1 is 1.24 bits per heavy atom. The van der Waals surface area contributed by atoms with Crippen LogP contribution < -0.4 is 5.32 Å². The van der Waals surface area contributed by atoms with Crippen molar-refractivity contribution in [2.75, 3.05) is 0 Å². The third kappa shape index (κ3) is 3.28. The molecule has 1 heterocycles. The first-order valence-corrected chi connectivity index (χ1v) is 6.55. The zero-order valence-electron chi connectivity index (χ0n) is 12.1. The summed E-state index contributed by atoms with van der Waals surface area (Å²) in [6.07, 6.45) is 0. The van der Waals surface area contributed by atoms with Gasteiger partial charge in [0.25, 0.3) is 5.91 Å². The number of aromatic amines is 1. The normalized spacial score (nSPS) is 12.0. The minimum Gasteiger partial charge on any atom is -0.480 e. The zero-order chi connectivity index (χ0) is 15.6. The number of carbonyl (C=O) groups excluding carboxylic acids is 1. The van der Waals surface area contributed by atoms with Gasteiger partial charge in [-0.3, -0.25) is 14.7 Å². The SMILES string of the molecule is Cc1ccc(-c2cc(C(=O)NC(C)C(=O)O)[nH]n2)cc1C. The van der Waals surface area contributed by atoms with Gasteiger partial charge in [-0.1, -0.05) is 12.1 Å². The van der Waals surface area contributed by atoms with Gasteiger partial charge in [-0.25, -0.2) is 0 Å². The second-order valence-corrected chi connectivity index (χ2v) is 5.00. The quantitative estimate of drug-likeness (QED) is 0.800. The van der Waals surface area contributed by atoms with Crippen molar-refractivity contribution in [2.24, 2.45) is 0 Å². The number of carbonyl (C=O) groups is 2. The monoisotopic (exact) mass is 287 g/mol. The van der Waals surface area contributed by atoms with E-state index in [-0.39, 0.29) is 5.69 Å². The van der Waals surface area contributed by atoms with Gasteiger partial charge in [0.05, 0.1) is 5.69 Å². The maximum Gasteiger partial charge on any atom is 0.325 e. The van der Waals surface area contributed by atoms with Gasteiger partial charge in [-0.2, -0.15) is 5.10 Å². The molecule has 1 atom stereocenters. The first-order chi connectivity index (χ1) is 9.88. The van der Waals surface area contributed by atoms with Gasteiger partial charge >= 0.3 is 5.97 Å². The summed E-state index contributed by atoms with van der Waals surface area (Å²) < 4.78 is 0. The minimum atomic E-state index is -1.09. The lowest BCUT2D eigenvalue weighted by Gasteiger charge is -2.07. The number of nitrogens with one attached hydrogen (secondary N) is 2. The summed E-state index contributed by atoms with van der Waals surface area (Å²) in [5.41, 5.74) is 4.10. The zero-order valence-corrected chi connectivity index (χ0v) is 12.1. The maximum absolute atomic E-state index is 11.9. The van der Waals surface area contributed by atoms with Crippen molar-refractivity contribution in [3.63, 3.8) is 0 Å². The molecule has 0 fully saturated rings. The van der Waals surface area contributed by atoms with Crippen LogP contribution in [-0.2, 0) is 4.79 Å². The number of hydrogen-bond acceptors (Lipinski definition) is 3. The van der Waals surface area contributed by atoms with Crippen LogP contribution in [0.5, 0.6) is 0 Å². The third-order valence-corrected chi connectivity index (χ3v) is 3.34. The van der Waals surface area contributed by atoms with Crippen LogP contribution >= 0.6 is 0 Å². The number of nitrogens with zero attached hydrogens (tertiary/aromatic N) is 1. The molecule has 21 heavy (non-hydrogen) atoms. The highest BCUT2D eigenvalue weighted by molar-refractivity contribution is 5.95. The summed E-state index contributed by atoms with van der Waals surface area (Å²) in [6.45, 7) is 5.43. The average Bonchev–Trinajstić information content (AvgIpc) is 2.91. The van der Waals surface area contributed by atoms with Gasteiger partial charge in [0.1, 0.15) is 11.7 Å². The molecule has 1 aromatic carbocycles. The topological polar surface area (TPSA) is 95.1 Å². The van der Waals surface area contributed by atoms with Crippen molar-refractivity contribution in [1.29, 1.82) is 0 Å². The number of carboxylic acids is 1. The van der Waals surface area contributed by atoms with Crippen LogP contribution in [0.3, 0.4) is 0 Å². The van der Waals surface area contributed by atoms with Crippen LogP contribution in [0.15, 0.2) is 24.3 Å². The molecule has 2 aromatic rings. The second kappa shape index (κ2) is 5.78. The Labute approximate surface area is 122 Å². The number of aliphatic carboxylic acids is 1. The summed E-state index contributed by atoms with van der Waals surface area (Å²) in [5.74, 6) is -1.58. The van der Waals surface area contributed by atoms with Crippen LogP contribution in [-0.4, -0.2) is 33.2 Å². The molecule has 1 aromatic heterocycles. The number of rotatable bonds is 4. The maximum atomic E-state index is 11.9. The summed E-state index contributed by atoms with van der Waals surface area (Å²) in [7, 11) is 0. The molecule has 1 unspecified atom stereocenters. The smallest absolute Gasteiger partial charge is 0.325 e. The number of H-pyrrole nitrogens is 1. The summed E-state index contributed by atoms with van der Waals surface area (Å²) in [6, 6.07) is 6.57. The molecule has 110 valence electrons. The highest BCUT2D eigenvalue weighted by Crippen LogP contribution is 2.20. The van der Waals surface area contributed by atoms with E-state index >= 15 is 0 Å². The second-order valence-electron chi connectivity index (χ2n) is 5.00. The van der Waals surface area contributed by atoms with Gasteiger partial charge in [-0.15, -0.1) is 0 Å². The predicted molar refractivity (Wildman–Crippen MR) is 78.1 cm³/mol. The number of hydrogen-bond donors (Lipinski definition) is 3. The highest BCUT2D eigenvalue weighted by Gasteiger charge is 2.17. The van der Waals surface area contributed by atoms with E-state index in [1.807, 2.05) is 32.0 Å². The standard InChI is InChI=1S/C15H17N3O3/c1-8-4-5-11(6-9(8)2)12-7-13(18-17-12)14(19)16-10(3)15(20)21/h4-7,10H,1-3H3,(H,16,19)(H,17,18)(H,20,21). The van der Waals surface area contributed by atoms with Gasteiger partial charge in [-0.05, 0) is 44.0 Å². The largest absolute Gasteiger partial charge is 0.480 e. The van der Waals surface area contributed by atoms with Gasteiger partial charge < -0.3 is 10.4 Å². The van der Waals surface area contributed by atoms with E-state index in [1.54, 1.807) is 6.07 Å². The molecular formula is C15H17N3O3. The molecule has 0 spiro atoms. The third-order valence-electron chi connectivity index (χ3n) is 3.34. The van der Waals surface area contributed by atoms with Crippen LogP contribution in [0.2, 0.25) is 0 Å². The molecule has 0 saturated carbocycles. The Hall–Kier alpha value is -2.63. The molecule has 2 rings (SSSR count). The van der Waals surface area contributed by atoms with Crippen LogP contribution in [0, 0.1) is 13.8 Å². The van der Waals surface area contributed by atoms with Crippen molar-refractivity contribution in [2.45, 2.75) is 26.8 Å². The highest BCUT2D eigenvalue weighted by atomic mass is 16.4. The Bertz CT molecular complexity index is 691. The van der Waals surface area contributed by atoms with Gasteiger partial charge in [0.2, 0.25) is 0 Å². The lowest BCUT2D eigenvalue weighted by Crippen LogP contribution is -2.38. The molecule has 6 heteroatoms. The van der Waals surface area contributed by atoms with E-state index < -0.39 is 17.9 Å². The van der Waals surface area contributed by atoms with Crippen LogP contribution in [0.4, 0.5) is 0 Å². The van der Waals surface area contributed by atoms with Gasteiger partial charge in [0.15, 0.2) is 0 Å². The lowest BCUT2D eigenvalue weighted by molar-refractivity contribution is -0.138. The first-order valence-electron chi connectivity index (χ1n) is 6.55. The van der Waals surface area contributed by atoms with Crippen molar-refractivity contribution >= 4 is 11.9 Å². The fraction of sp³-hybridized carbons (Fsp3) is 0.267. The Morgan fingerprint density at radius 2 is 1.95 bits per heavy atom. The molecule has 6 nitrogen and oxygen atoms in total. The Morgan fingerprint density at radius 3 is 2.57 bits per heavy atom. The molecule has 0 aliphatic carbocycles. The number of carboxylic acid groups (broad SMARTS) is 1. The number of aromatic nitrogens is 2. The van der Waals surface area contributed by atoms with E-state index in [9.17, 15) is 9.59 Å². The Kier molecular flexibility index (Phi) is 4.07. The number of aryl methyl sites for hydroxylation is 2. The Balaban J connectivity index is 2.19. The van der Waals surface area contributed by atoms with E-state index in [2.05, 4.69) is 15.5 Å². The fourth-order valence-corrected chi connectivity index (χ4v) is 1.82. The van der Waals surface area contributed by atoms with E-state index in [0.717, 1.165) is 11.1 Å². The number of benzene rings is 1. The van der Waals surface area contributed by atoms with Crippen molar-refractivity contribution in [1.82, 2.24) is 15.5 Å². The molecule has 0 saturated heterocycles.